The Kier molecular flexibility index (Phi) is 2.90. The van der Waals surface area contributed by atoms with Crippen molar-refractivity contribution in [3.63, 3.8) is 0 Å². The first-order valence-electron chi connectivity index (χ1n) is 4.95. The van der Waals surface area contributed by atoms with Crippen molar-refractivity contribution in [3.05, 3.63) is 35.1 Å². The van der Waals surface area contributed by atoms with Crippen molar-refractivity contribution in [2.24, 2.45) is 0 Å². The molecule has 5 heteroatoms. The highest BCUT2D eigenvalue weighted by Gasteiger charge is 2.35. The number of halogens is 3. The van der Waals surface area contributed by atoms with Gasteiger partial charge in [0.15, 0.2) is 17.9 Å². The van der Waals surface area contributed by atoms with Crippen molar-refractivity contribution in [1.82, 2.24) is 0 Å². The Morgan fingerprint density at radius 3 is 2.00 bits per heavy atom. The van der Waals surface area contributed by atoms with Crippen LogP contribution in [0.1, 0.15) is 25.7 Å². The molecule has 16 heavy (non-hydrogen) atoms. The van der Waals surface area contributed by atoms with Crippen LogP contribution in [0, 0.1) is 17.5 Å². The summed E-state index contributed by atoms with van der Waals surface area (Å²) < 4.78 is 50.1. The molecular weight excluding hydrogens is 221 g/mol. The number of hydrogen-bond donors (Lipinski definition) is 0. The minimum absolute atomic E-state index is 0.285. The summed E-state index contributed by atoms with van der Waals surface area (Å²) in [6.45, 7) is 3.44. The summed E-state index contributed by atoms with van der Waals surface area (Å²) in [6.07, 6.45) is -1.75. The minimum Gasteiger partial charge on any atom is -0.342 e. The van der Waals surface area contributed by atoms with E-state index in [4.69, 9.17) is 9.47 Å². The van der Waals surface area contributed by atoms with Gasteiger partial charge >= 0.3 is 0 Å². The molecule has 0 saturated carbocycles. The second kappa shape index (κ2) is 4.07. The van der Waals surface area contributed by atoms with Gasteiger partial charge < -0.3 is 9.47 Å². The molecule has 0 radical (unpaired) electrons. The Bertz CT molecular complexity index is 398. The van der Waals surface area contributed by atoms with Gasteiger partial charge in [-0.1, -0.05) is 0 Å². The highest BCUT2D eigenvalue weighted by Crippen LogP contribution is 2.34. The fourth-order valence-corrected chi connectivity index (χ4v) is 1.54. The molecule has 0 bridgehead atoms. The van der Waals surface area contributed by atoms with Crippen LogP contribution in [0.25, 0.3) is 0 Å². The van der Waals surface area contributed by atoms with Crippen LogP contribution in [-0.2, 0) is 9.47 Å². The molecule has 1 heterocycles. The summed E-state index contributed by atoms with van der Waals surface area (Å²) in [5.74, 6) is -3.24. The first-order chi connectivity index (χ1) is 7.50. The molecule has 0 aromatic heterocycles. The quantitative estimate of drug-likeness (QED) is 0.693. The molecular formula is C11H11F3O2. The van der Waals surface area contributed by atoms with E-state index in [9.17, 15) is 13.2 Å². The lowest BCUT2D eigenvalue weighted by atomic mass is 10.2. The average molecular weight is 232 g/mol. The van der Waals surface area contributed by atoms with Crippen LogP contribution in [0.4, 0.5) is 13.2 Å². The molecule has 1 aromatic rings. The lowest BCUT2D eigenvalue weighted by Gasteiger charge is -2.12. The fourth-order valence-electron chi connectivity index (χ4n) is 1.54. The molecule has 0 unspecified atom stereocenters. The van der Waals surface area contributed by atoms with Gasteiger partial charge in [0.1, 0.15) is 5.82 Å². The zero-order chi connectivity index (χ0) is 11.9. The lowest BCUT2D eigenvalue weighted by Crippen LogP contribution is -2.13. The Labute approximate surface area is 91.0 Å². The van der Waals surface area contributed by atoms with Crippen molar-refractivity contribution in [2.75, 3.05) is 0 Å². The standard InChI is InChI=1S/C11H11F3O2/c1-5-6(2)16-11(15-5)9-7(12)3-4-8(13)10(9)14/h3-6,11H,1-2H3/t5-,6-/m1/s1. The Morgan fingerprint density at radius 1 is 0.938 bits per heavy atom. The third-order valence-electron chi connectivity index (χ3n) is 2.65. The zero-order valence-electron chi connectivity index (χ0n) is 8.84. The maximum Gasteiger partial charge on any atom is 0.190 e. The number of hydrogen-bond acceptors (Lipinski definition) is 2. The average Bonchev–Trinajstić information content (AvgIpc) is 2.54. The van der Waals surface area contributed by atoms with Crippen LogP contribution >= 0.6 is 0 Å². The summed E-state index contributed by atoms with van der Waals surface area (Å²) in [4.78, 5) is 0. The van der Waals surface area contributed by atoms with E-state index in [1.807, 2.05) is 0 Å². The monoisotopic (exact) mass is 232 g/mol. The van der Waals surface area contributed by atoms with E-state index in [0.29, 0.717) is 0 Å². The molecule has 0 aliphatic carbocycles. The van der Waals surface area contributed by atoms with Gasteiger partial charge in [-0.25, -0.2) is 13.2 Å². The molecule has 0 amide bonds. The summed E-state index contributed by atoms with van der Waals surface area (Å²) in [7, 11) is 0. The molecule has 0 N–H and O–H groups in total. The molecule has 1 fully saturated rings. The molecule has 1 aromatic carbocycles. The van der Waals surface area contributed by atoms with Crippen molar-refractivity contribution in [1.29, 1.82) is 0 Å². The van der Waals surface area contributed by atoms with Crippen molar-refractivity contribution >= 4 is 0 Å². The highest BCUT2D eigenvalue weighted by molar-refractivity contribution is 5.22. The van der Waals surface area contributed by atoms with Gasteiger partial charge in [-0.2, -0.15) is 0 Å². The normalized spacial score (nSPS) is 26.3. The third-order valence-corrected chi connectivity index (χ3v) is 2.65. The van der Waals surface area contributed by atoms with E-state index in [1.165, 1.54) is 0 Å². The largest absolute Gasteiger partial charge is 0.342 e. The van der Waals surface area contributed by atoms with Crippen molar-refractivity contribution in [2.45, 2.75) is 32.3 Å². The van der Waals surface area contributed by atoms with E-state index in [2.05, 4.69) is 0 Å². The molecule has 1 aliphatic heterocycles. The SMILES string of the molecule is C[C@H]1OC(c2c(F)ccc(F)c2F)O[C@@H]1C. The first kappa shape index (κ1) is 11.4. The highest BCUT2D eigenvalue weighted by atomic mass is 19.2. The minimum atomic E-state index is -1.26. The number of ether oxygens (including phenoxy) is 2. The maximum absolute atomic E-state index is 13.4. The van der Waals surface area contributed by atoms with Gasteiger partial charge in [-0.15, -0.1) is 0 Å². The molecule has 2 rings (SSSR count). The Morgan fingerprint density at radius 2 is 1.44 bits per heavy atom. The Balaban J connectivity index is 2.38. The van der Waals surface area contributed by atoms with E-state index in [0.717, 1.165) is 12.1 Å². The van der Waals surface area contributed by atoms with Crippen molar-refractivity contribution in [3.8, 4) is 0 Å². The number of benzene rings is 1. The summed E-state index contributed by atoms with van der Waals surface area (Å²) >= 11 is 0. The maximum atomic E-state index is 13.4. The zero-order valence-corrected chi connectivity index (χ0v) is 8.84. The molecule has 88 valence electrons. The lowest BCUT2D eigenvalue weighted by molar-refractivity contribution is -0.0700. The van der Waals surface area contributed by atoms with Gasteiger partial charge in [0, 0.05) is 0 Å². The van der Waals surface area contributed by atoms with E-state index in [1.54, 1.807) is 13.8 Å². The van der Waals surface area contributed by atoms with Gasteiger partial charge in [0.05, 0.1) is 17.8 Å². The molecule has 2 nitrogen and oxygen atoms in total. The van der Waals surface area contributed by atoms with Crippen LogP contribution < -0.4 is 0 Å². The predicted octanol–water partition coefficient (Wildman–Crippen LogP) is 2.93. The van der Waals surface area contributed by atoms with Crippen LogP contribution in [0.15, 0.2) is 12.1 Å². The second-order valence-electron chi connectivity index (χ2n) is 3.77. The predicted molar refractivity (Wildman–Crippen MR) is 50.2 cm³/mol. The van der Waals surface area contributed by atoms with Crippen LogP contribution in [0.3, 0.4) is 0 Å². The van der Waals surface area contributed by atoms with Gasteiger partial charge in [-0.05, 0) is 26.0 Å². The van der Waals surface area contributed by atoms with Crippen LogP contribution in [0.2, 0.25) is 0 Å². The van der Waals surface area contributed by atoms with Crippen LogP contribution in [-0.4, -0.2) is 12.2 Å². The van der Waals surface area contributed by atoms with Crippen LogP contribution in [0.5, 0.6) is 0 Å². The molecule has 2 atom stereocenters. The fraction of sp³-hybridized carbons (Fsp3) is 0.455. The summed E-state index contributed by atoms with van der Waals surface area (Å²) in [5, 5.41) is 0. The van der Waals surface area contributed by atoms with Crippen molar-refractivity contribution < 1.29 is 22.6 Å². The van der Waals surface area contributed by atoms with Gasteiger partial charge in [0.2, 0.25) is 0 Å². The topological polar surface area (TPSA) is 18.5 Å². The first-order valence-corrected chi connectivity index (χ1v) is 4.95. The van der Waals surface area contributed by atoms with E-state index >= 15 is 0 Å². The molecule has 0 spiro atoms. The third kappa shape index (κ3) is 1.81. The van der Waals surface area contributed by atoms with Gasteiger partial charge in [-0.3, -0.25) is 0 Å². The molecule has 1 aliphatic rings. The smallest absolute Gasteiger partial charge is 0.190 e. The van der Waals surface area contributed by atoms with E-state index in [-0.39, 0.29) is 12.2 Å². The number of rotatable bonds is 1. The Hall–Kier alpha value is -1.07. The van der Waals surface area contributed by atoms with E-state index < -0.39 is 29.3 Å². The summed E-state index contributed by atoms with van der Waals surface area (Å²) in [6, 6.07) is 1.59. The van der Waals surface area contributed by atoms with Gasteiger partial charge in [0.25, 0.3) is 0 Å². The summed E-state index contributed by atoms with van der Waals surface area (Å²) in [5.41, 5.74) is -0.504. The molecule has 1 saturated heterocycles. The second-order valence-corrected chi connectivity index (χ2v) is 3.77.